The van der Waals surface area contributed by atoms with Gasteiger partial charge < -0.3 is 9.84 Å². The quantitative estimate of drug-likeness (QED) is 0.571. The molecule has 0 heterocycles. The van der Waals surface area contributed by atoms with Gasteiger partial charge >= 0.3 is 0 Å². The fourth-order valence-corrected chi connectivity index (χ4v) is 1.04. The summed E-state index contributed by atoms with van der Waals surface area (Å²) in [6, 6.07) is 6.68. The largest absolute Gasteiger partial charge is 0.508 e. The fraction of sp³-hybridized carbons (Fsp3) is 0.333. The molecule has 0 unspecified atom stereocenters. The Morgan fingerprint density at radius 3 is 2.64 bits per heavy atom. The van der Waals surface area contributed by atoms with Crippen LogP contribution in [-0.4, -0.2) is 5.11 Å². The molecule has 2 nitrogen and oxygen atoms in total. The van der Waals surface area contributed by atoms with E-state index < -0.39 is 0 Å². The van der Waals surface area contributed by atoms with E-state index in [1.165, 1.54) is 12.8 Å². The van der Waals surface area contributed by atoms with Gasteiger partial charge in [-0.25, -0.2) is 0 Å². The van der Waals surface area contributed by atoms with Crippen molar-refractivity contribution in [3.63, 3.8) is 0 Å². The van der Waals surface area contributed by atoms with Crippen LogP contribution in [-0.2, 0) is 0 Å². The Hall–Kier alpha value is -1.44. The van der Waals surface area contributed by atoms with Gasteiger partial charge in [0.1, 0.15) is 11.5 Å². The Labute approximate surface area is 84.8 Å². The van der Waals surface area contributed by atoms with E-state index in [9.17, 15) is 0 Å². The summed E-state index contributed by atoms with van der Waals surface area (Å²) in [5.74, 6) is 1.00. The topological polar surface area (TPSA) is 29.5 Å². The lowest BCUT2D eigenvalue weighted by Crippen LogP contribution is -1.80. The van der Waals surface area contributed by atoms with Crippen LogP contribution in [0.3, 0.4) is 0 Å². The molecule has 0 amide bonds. The summed E-state index contributed by atoms with van der Waals surface area (Å²) >= 11 is 0. The second kappa shape index (κ2) is 6.08. The summed E-state index contributed by atoms with van der Waals surface area (Å²) in [6.07, 6.45) is 7.14. The first-order valence-corrected chi connectivity index (χ1v) is 4.93. The number of rotatable bonds is 5. The molecule has 0 bridgehead atoms. The van der Waals surface area contributed by atoms with Gasteiger partial charge in [-0.15, -0.1) is 0 Å². The molecule has 1 N–H and O–H groups in total. The maximum absolute atomic E-state index is 9.02. The molecule has 0 saturated heterocycles. The van der Waals surface area contributed by atoms with Crippen molar-refractivity contribution in [2.75, 3.05) is 0 Å². The number of ether oxygens (including phenoxy) is 1. The van der Waals surface area contributed by atoms with Gasteiger partial charge in [0.05, 0.1) is 6.26 Å². The molecular weight excluding hydrogens is 176 g/mol. The maximum Gasteiger partial charge on any atom is 0.126 e. The van der Waals surface area contributed by atoms with Crippen molar-refractivity contribution in [2.45, 2.75) is 26.2 Å². The smallest absolute Gasteiger partial charge is 0.126 e. The van der Waals surface area contributed by atoms with Crippen molar-refractivity contribution < 1.29 is 9.84 Å². The first kappa shape index (κ1) is 10.6. The highest BCUT2D eigenvalue weighted by Gasteiger charge is 1.89. The molecule has 0 saturated carbocycles. The molecule has 0 fully saturated rings. The van der Waals surface area contributed by atoms with E-state index in [2.05, 4.69) is 6.92 Å². The standard InChI is InChI=1S/C12H16O2/c1-2-3-4-5-10-14-12-8-6-11(13)7-9-12/h5-10,13H,2-4H2,1H3. The van der Waals surface area contributed by atoms with E-state index in [1.807, 2.05) is 6.08 Å². The zero-order valence-electron chi connectivity index (χ0n) is 8.44. The molecular formula is C12H16O2. The first-order valence-electron chi connectivity index (χ1n) is 4.93. The summed E-state index contributed by atoms with van der Waals surface area (Å²) in [5.41, 5.74) is 0. The number of allylic oxidation sites excluding steroid dienone is 1. The summed E-state index contributed by atoms with van der Waals surface area (Å²) in [4.78, 5) is 0. The summed E-state index contributed by atoms with van der Waals surface area (Å²) in [5, 5.41) is 9.02. The van der Waals surface area contributed by atoms with Crippen molar-refractivity contribution >= 4 is 0 Å². The van der Waals surface area contributed by atoms with Gasteiger partial charge in [0.15, 0.2) is 0 Å². The van der Waals surface area contributed by atoms with Gasteiger partial charge in [-0.1, -0.05) is 13.3 Å². The van der Waals surface area contributed by atoms with E-state index in [0.29, 0.717) is 0 Å². The molecule has 1 aromatic rings. The van der Waals surface area contributed by atoms with Gasteiger partial charge in [0.25, 0.3) is 0 Å². The lowest BCUT2D eigenvalue weighted by atomic mass is 10.2. The van der Waals surface area contributed by atoms with Crippen LogP contribution in [0.4, 0.5) is 0 Å². The Kier molecular flexibility index (Phi) is 4.62. The van der Waals surface area contributed by atoms with Crippen LogP contribution < -0.4 is 4.74 Å². The third kappa shape index (κ3) is 3.99. The fourth-order valence-electron chi connectivity index (χ4n) is 1.04. The van der Waals surface area contributed by atoms with Crippen molar-refractivity contribution in [3.05, 3.63) is 36.6 Å². The van der Waals surface area contributed by atoms with Gasteiger partial charge in [-0.2, -0.15) is 0 Å². The van der Waals surface area contributed by atoms with E-state index >= 15 is 0 Å². The third-order valence-corrected chi connectivity index (χ3v) is 1.86. The second-order valence-electron chi connectivity index (χ2n) is 3.13. The van der Waals surface area contributed by atoms with Crippen LogP contribution in [0, 0.1) is 0 Å². The molecule has 0 aliphatic carbocycles. The minimum atomic E-state index is 0.257. The lowest BCUT2D eigenvalue weighted by Gasteiger charge is -1.99. The molecule has 1 aromatic carbocycles. The molecule has 1 rings (SSSR count). The average molecular weight is 192 g/mol. The van der Waals surface area contributed by atoms with E-state index in [4.69, 9.17) is 9.84 Å². The van der Waals surface area contributed by atoms with Crippen LogP contribution in [0.5, 0.6) is 11.5 Å². The van der Waals surface area contributed by atoms with Crippen LogP contribution in [0.1, 0.15) is 26.2 Å². The summed E-state index contributed by atoms with van der Waals surface area (Å²) in [6.45, 7) is 2.16. The number of hydrogen-bond donors (Lipinski definition) is 1. The Morgan fingerprint density at radius 1 is 1.29 bits per heavy atom. The highest BCUT2D eigenvalue weighted by atomic mass is 16.5. The Balaban J connectivity index is 2.30. The van der Waals surface area contributed by atoms with E-state index in [1.54, 1.807) is 30.5 Å². The van der Waals surface area contributed by atoms with Gasteiger partial charge in [0.2, 0.25) is 0 Å². The van der Waals surface area contributed by atoms with Crippen molar-refractivity contribution in [1.29, 1.82) is 0 Å². The highest BCUT2D eigenvalue weighted by molar-refractivity contribution is 5.30. The molecule has 2 heteroatoms. The average Bonchev–Trinajstić information content (AvgIpc) is 2.21. The number of phenols is 1. The Morgan fingerprint density at radius 2 is 2.00 bits per heavy atom. The molecule has 0 aliphatic heterocycles. The van der Waals surface area contributed by atoms with E-state index in [-0.39, 0.29) is 5.75 Å². The second-order valence-corrected chi connectivity index (χ2v) is 3.13. The molecule has 0 atom stereocenters. The highest BCUT2D eigenvalue weighted by Crippen LogP contribution is 2.15. The summed E-state index contributed by atoms with van der Waals surface area (Å²) < 4.78 is 5.32. The van der Waals surface area contributed by atoms with Crippen LogP contribution in [0.25, 0.3) is 0 Å². The van der Waals surface area contributed by atoms with Crippen molar-refractivity contribution in [1.82, 2.24) is 0 Å². The molecule has 0 spiro atoms. The SMILES string of the molecule is CCCCC=COc1ccc(O)cc1. The van der Waals surface area contributed by atoms with Gasteiger partial charge in [0, 0.05) is 0 Å². The number of unbranched alkanes of at least 4 members (excludes halogenated alkanes) is 2. The maximum atomic E-state index is 9.02. The number of phenolic OH excluding ortho intramolecular Hbond substituents is 1. The molecule has 0 aromatic heterocycles. The van der Waals surface area contributed by atoms with Crippen LogP contribution in [0.15, 0.2) is 36.6 Å². The lowest BCUT2D eigenvalue weighted by molar-refractivity contribution is 0.462. The van der Waals surface area contributed by atoms with Gasteiger partial charge in [-0.05, 0) is 43.2 Å². The molecule has 14 heavy (non-hydrogen) atoms. The predicted molar refractivity (Wildman–Crippen MR) is 57.4 cm³/mol. The van der Waals surface area contributed by atoms with Crippen molar-refractivity contribution in [2.24, 2.45) is 0 Å². The first-order chi connectivity index (χ1) is 6.83. The van der Waals surface area contributed by atoms with Gasteiger partial charge in [-0.3, -0.25) is 0 Å². The van der Waals surface area contributed by atoms with Crippen LogP contribution >= 0.6 is 0 Å². The number of aromatic hydroxyl groups is 1. The summed E-state index contributed by atoms with van der Waals surface area (Å²) in [7, 11) is 0. The van der Waals surface area contributed by atoms with E-state index in [0.717, 1.165) is 12.2 Å². The van der Waals surface area contributed by atoms with Crippen LogP contribution in [0.2, 0.25) is 0 Å². The number of hydrogen-bond acceptors (Lipinski definition) is 2. The molecule has 76 valence electrons. The minimum absolute atomic E-state index is 0.257. The Bertz CT molecular complexity index is 275. The zero-order valence-corrected chi connectivity index (χ0v) is 8.44. The minimum Gasteiger partial charge on any atom is -0.508 e. The zero-order chi connectivity index (χ0) is 10.2. The molecule has 0 aliphatic rings. The number of benzene rings is 1. The normalized spacial score (nSPS) is 10.6. The third-order valence-electron chi connectivity index (χ3n) is 1.86. The predicted octanol–water partition coefficient (Wildman–Crippen LogP) is 3.47. The molecule has 0 radical (unpaired) electrons. The monoisotopic (exact) mass is 192 g/mol. The van der Waals surface area contributed by atoms with Crippen molar-refractivity contribution in [3.8, 4) is 11.5 Å².